The fourth-order valence-corrected chi connectivity index (χ4v) is 6.20. The number of aromatic nitrogens is 1. The number of nitrogens with zero attached hydrogens (tertiary/aromatic N) is 2. The van der Waals surface area contributed by atoms with Crippen molar-refractivity contribution in [2.24, 2.45) is 23.2 Å². The molecule has 4 nitrogen and oxygen atoms in total. The van der Waals surface area contributed by atoms with E-state index in [1.807, 2.05) is 20.8 Å². The quantitative estimate of drug-likeness (QED) is 0.408. The van der Waals surface area contributed by atoms with Crippen molar-refractivity contribution in [3.8, 4) is 0 Å². The lowest BCUT2D eigenvalue weighted by Crippen LogP contribution is -2.46. The van der Waals surface area contributed by atoms with Gasteiger partial charge in [-0.15, -0.1) is 0 Å². The van der Waals surface area contributed by atoms with Gasteiger partial charge in [-0.2, -0.15) is 13.2 Å². The molecule has 3 heterocycles. The molecule has 0 radical (unpaired) electrons. The minimum absolute atomic E-state index is 0.169. The molecule has 3 fully saturated rings. The molecule has 5 rings (SSSR count). The van der Waals surface area contributed by atoms with E-state index in [0.29, 0.717) is 42.7 Å². The number of fused-ring (bicyclic) bond motifs is 2. The summed E-state index contributed by atoms with van der Waals surface area (Å²) < 4.78 is 56.2. The third-order valence-electron chi connectivity index (χ3n) is 8.05. The normalized spacial score (nSPS) is 31.9. The maximum Gasteiger partial charge on any atom is 0.417 e. The number of halogens is 4. The Morgan fingerprint density at radius 2 is 1.97 bits per heavy atom. The summed E-state index contributed by atoms with van der Waals surface area (Å²) >= 11 is 0. The molecule has 1 amide bonds. The Bertz CT molecular complexity index is 852. The van der Waals surface area contributed by atoms with Crippen molar-refractivity contribution >= 4 is 5.91 Å². The molecule has 2 aliphatic carbocycles. The highest BCUT2D eigenvalue weighted by atomic mass is 19.4. The summed E-state index contributed by atoms with van der Waals surface area (Å²) in [5, 5.41) is 0. The standard InChI is InChI=1S/C19H23F3N2O.C6H11FO.C2H6/c1-12-7-14-3-2-5-18(14,9-12)17(25)24-6-4-16-13(11-24)8-15(10-23-16)19(20,21)22;1-5-2-3-8-4-6(5)7;1-2/h8,10,12,14H,2-7,9,11H2,1H3;5-6H,2-4H2,1H3;1-2H3/t;5-,6?;/m.1./s1. The van der Waals surface area contributed by atoms with Gasteiger partial charge >= 0.3 is 6.18 Å². The molecular formula is C27H40F4N2O2. The van der Waals surface area contributed by atoms with Crippen LogP contribution >= 0.6 is 0 Å². The Labute approximate surface area is 206 Å². The third-order valence-corrected chi connectivity index (χ3v) is 8.05. The summed E-state index contributed by atoms with van der Waals surface area (Å²) in [7, 11) is 0. The van der Waals surface area contributed by atoms with Gasteiger partial charge in [0.2, 0.25) is 5.91 Å². The van der Waals surface area contributed by atoms with Crippen LogP contribution in [0.2, 0.25) is 0 Å². The largest absolute Gasteiger partial charge is 0.417 e. The zero-order valence-electron chi connectivity index (χ0n) is 21.5. The lowest BCUT2D eigenvalue weighted by Gasteiger charge is -2.37. The number of rotatable bonds is 1. The van der Waals surface area contributed by atoms with Crippen LogP contribution < -0.4 is 0 Å². The van der Waals surface area contributed by atoms with Crippen LogP contribution in [0.3, 0.4) is 0 Å². The van der Waals surface area contributed by atoms with E-state index in [2.05, 4.69) is 11.9 Å². The number of pyridine rings is 1. The predicted molar refractivity (Wildman–Crippen MR) is 127 cm³/mol. The summed E-state index contributed by atoms with van der Waals surface area (Å²) in [6.45, 7) is 10.00. The van der Waals surface area contributed by atoms with Gasteiger partial charge in [-0.25, -0.2) is 4.39 Å². The molecule has 8 heteroatoms. The Kier molecular flexibility index (Phi) is 9.22. The Morgan fingerprint density at radius 3 is 2.60 bits per heavy atom. The first kappa shape index (κ1) is 27.9. The van der Waals surface area contributed by atoms with Crippen molar-refractivity contribution in [1.82, 2.24) is 9.88 Å². The second kappa shape index (κ2) is 11.6. The van der Waals surface area contributed by atoms with E-state index in [9.17, 15) is 22.4 Å². The number of hydrogen-bond donors (Lipinski definition) is 0. The van der Waals surface area contributed by atoms with Gasteiger partial charge in [0, 0.05) is 38.0 Å². The molecule has 35 heavy (non-hydrogen) atoms. The summed E-state index contributed by atoms with van der Waals surface area (Å²) in [6, 6.07) is 1.17. The minimum atomic E-state index is -4.40. The molecule has 4 unspecified atom stereocenters. The fraction of sp³-hybridized carbons (Fsp3) is 0.778. The molecule has 198 valence electrons. The average molecular weight is 501 g/mol. The van der Waals surface area contributed by atoms with Crippen LogP contribution in [0.1, 0.15) is 83.0 Å². The van der Waals surface area contributed by atoms with Gasteiger partial charge in [0.25, 0.3) is 0 Å². The van der Waals surface area contributed by atoms with Crippen LogP contribution in [0, 0.1) is 23.2 Å². The average Bonchev–Trinajstić information content (AvgIpc) is 3.38. The summed E-state index contributed by atoms with van der Waals surface area (Å²) in [4.78, 5) is 19.1. The van der Waals surface area contributed by atoms with Crippen molar-refractivity contribution in [3.63, 3.8) is 0 Å². The highest BCUT2D eigenvalue weighted by Crippen LogP contribution is 2.57. The molecule has 0 spiro atoms. The first-order valence-electron chi connectivity index (χ1n) is 13.2. The minimum Gasteiger partial charge on any atom is -0.378 e. The molecule has 2 saturated carbocycles. The molecule has 1 saturated heterocycles. The molecule has 0 bridgehead atoms. The van der Waals surface area contributed by atoms with E-state index < -0.39 is 17.9 Å². The lowest BCUT2D eigenvalue weighted by atomic mass is 9.78. The van der Waals surface area contributed by atoms with Crippen molar-refractivity contribution in [2.75, 3.05) is 19.8 Å². The molecule has 4 aliphatic rings. The lowest BCUT2D eigenvalue weighted by molar-refractivity contribution is -0.144. The maximum atomic E-state index is 13.3. The highest BCUT2D eigenvalue weighted by molar-refractivity contribution is 5.84. The van der Waals surface area contributed by atoms with E-state index in [4.69, 9.17) is 4.74 Å². The third kappa shape index (κ3) is 6.17. The van der Waals surface area contributed by atoms with Gasteiger partial charge in [0.05, 0.1) is 17.6 Å². The molecule has 1 aromatic rings. The van der Waals surface area contributed by atoms with Crippen molar-refractivity contribution in [1.29, 1.82) is 0 Å². The van der Waals surface area contributed by atoms with Crippen LogP contribution in [0.5, 0.6) is 0 Å². The van der Waals surface area contributed by atoms with Crippen molar-refractivity contribution < 1.29 is 27.1 Å². The van der Waals surface area contributed by atoms with E-state index in [0.717, 1.165) is 51.3 Å². The first-order valence-corrected chi connectivity index (χ1v) is 13.2. The number of hydrogen-bond acceptors (Lipinski definition) is 3. The van der Waals surface area contributed by atoms with Crippen molar-refractivity contribution in [3.05, 3.63) is 29.1 Å². The second-order valence-corrected chi connectivity index (χ2v) is 10.5. The van der Waals surface area contributed by atoms with Crippen LogP contribution in [0.4, 0.5) is 17.6 Å². The predicted octanol–water partition coefficient (Wildman–Crippen LogP) is 6.61. The maximum absolute atomic E-state index is 13.3. The van der Waals surface area contributed by atoms with E-state index in [1.165, 1.54) is 6.07 Å². The van der Waals surface area contributed by atoms with Gasteiger partial charge in [0.1, 0.15) is 6.17 Å². The number of carbonyl (C=O) groups excluding carboxylic acids is 1. The molecule has 0 aromatic carbocycles. The van der Waals surface area contributed by atoms with E-state index in [-0.39, 0.29) is 23.8 Å². The fourth-order valence-electron chi connectivity index (χ4n) is 6.20. The van der Waals surface area contributed by atoms with Gasteiger partial charge in [-0.05, 0) is 61.5 Å². The van der Waals surface area contributed by atoms with Crippen LogP contribution in [-0.2, 0) is 28.7 Å². The molecule has 5 atom stereocenters. The van der Waals surface area contributed by atoms with Gasteiger partial charge < -0.3 is 9.64 Å². The van der Waals surface area contributed by atoms with Gasteiger partial charge in [-0.1, -0.05) is 34.1 Å². The van der Waals surface area contributed by atoms with Crippen LogP contribution in [0.15, 0.2) is 12.3 Å². The zero-order valence-corrected chi connectivity index (χ0v) is 21.5. The Balaban J connectivity index is 0.000000289. The van der Waals surface area contributed by atoms with Crippen LogP contribution in [0.25, 0.3) is 0 Å². The molecule has 1 aromatic heterocycles. The number of ether oxygens (including phenoxy) is 1. The smallest absolute Gasteiger partial charge is 0.378 e. The van der Waals surface area contributed by atoms with Crippen LogP contribution in [-0.4, -0.2) is 41.7 Å². The van der Waals surface area contributed by atoms with Gasteiger partial charge in [-0.3, -0.25) is 9.78 Å². The van der Waals surface area contributed by atoms with E-state index >= 15 is 0 Å². The number of alkyl halides is 4. The Morgan fingerprint density at radius 1 is 1.23 bits per heavy atom. The summed E-state index contributed by atoms with van der Waals surface area (Å²) in [6.07, 6.45) is 2.38. The number of amides is 1. The summed E-state index contributed by atoms with van der Waals surface area (Å²) in [5.74, 6) is 1.40. The monoisotopic (exact) mass is 500 g/mol. The second-order valence-electron chi connectivity index (χ2n) is 10.5. The molecular weight excluding hydrogens is 460 g/mol. The zero-order chi connectivity index (χ0) is 25.8. The SMILES string of the molecule is CC.CC1CC2CCCC2(C(=O)N2CCc3ncc(C(F)(F)F)cc3C2)C1.C[C@@H]1CCOCC1F. The topological polar surface area (TPSA) is 42.4 Å². The van der Waals surface area contributed by atoms with Crippen molar-refractivity contribution in [2.45, 2.75) is 91.5 Å². The summed E-state index contributed by atoms with van der Waals surface area (Å²) in [5.41, 5.74) is 0.252. The molecule has 0 N–H and O–H groups in total. The molecule has 2 aliphatic heterocycles. The number of carbonyl (C=O) groups is 1. The first-order chi connectivity index (χ1) is 16.6. The van der Waals surface area contributed by atoms with E-state index in [1.54, 1.807) is 4.90 Å². The highest BCUT2D eigenvalue weighted by Gasteiger charge is 2.55. The Hall–Kier alpha value is -1.70. The van der Waals surface area contributed by atoms with Gasteiger partial charge in [0.15, 0.2) is 0 Å².